The number of ether oxygens (including phenoxy) is 1. The van der Waals surface area contributed by atoms with Crippen LogP contribution in [0.3, 0.4) is 0 Å². The van der Waals surface area contributed by atoms with Crippen molar-refractivity contribution in [3.63, 3.8) is 0 Å². The minimum atomic E-state index is -0.385. The topological polar surface area (TPSA) is 112 Å². The van der Waals surface area contributed by atoms with Crippen LogP contribution in [0.15, 0.2) is 42.5 Å². The van der Waals surface area contributed by atoms with Crippen molar-refractivity contribution in [1.29, 1.82) is 0 Å². The lowest BCUT2D eigenvalue weighted by Crippen LogP contribution is -2.31. The first kappa shape index (κ1) is 21.6. The van der Waals surface area contributed by atoms with Gasteiger partial charge >= 0.3 is 0 Å². The van der Waals surface area contributed by atoms with E-state index in [1.165, 1.54) is 19.2 Å². The highest BCUT2D eigenvalue weighted by molar-refractivity contribution is 6.35. The summed E-state index contributed by atoms with van der Waals surface area (Å²) in [7, 11) is 1.43. The molecule has 0 saturated carbocycles. The molecule has 0 spiro atoms. The quantitative estimate of drug-likeness (QED) is 0.438. The zero-order chi connectivity index (χ0) is 23.8. The van der Waals surface area contributed by atoms with E-state index in [1.54, 1.807) is 36.4 Å². The van der Waals surface area contributed by atoms with Crippen molar-refractivity contribution < 1.29 is 23.5 Å². The number of carbonyl (C=O) groups excluding carboxylic acids is 3. The molecular weight excluding hydrogens is 439 g/mol. The second-order valence-electron chi connectivity index (χ2n) is 8.03. The maximum absolute atomic E-state index is 13.6. The third-order valence-electron chi connectivity index (χ3n) is 5.78. The third-order valence-corrected chi connectivity index (χ3v) is 5.78. The summed E-state index contributed by atoms with van der Waals surface area (Å²) in [5.74, 6) is -1.23. The molecule has 5 rings (SSSR count). The molecule has 3 heterocycles. The van der Waals surface area contributed by atoms with Gasteiger partial charge in [-0.15, -0.1) is 0 Å². The van der Waals surface area contributed by atoms with E-state index in [-0.39, 0.29) is 30.1 Å². The van der Waals surface area contributed by atoms with Crippen LogP contribution < -0.4 is 16.0 Å². The summed E-state index contributed by atoms with van der Waals surface area (Å²) in [6, 6.07) is 11.0. The maximum atomic E-state index is 13.6. The Morgan fingerprint density at radius 2 is 1.91 bits per heavy atom. The van der Waals surface area contributed by atoms with E-state index in [0.29, 0.717) is 57.9 Å². The van der Waals surface area contributed by atoms with Crippen molar-refractivity contribution in [2.24, 2.45) is 0 Å². The predicted molar refractivity (Wildman–Crippen MR) is 126 cm³/mol. The minimum Gasteiger partial charge on any atom is -0.375 e. The van der Waals surface area contributed by atoms with E-state index in [1.807, 2.05) is 0 Å². The van der Waals surface area contributed by atoms with Crippen LogP contribution in [0.25, 0.3) is 22.8 Å². The molecule has 2 aliphatic heterocycles. The van der Waals surface area contributed by atoms with Gasteiger partial charge in [-0.25, -0.2) is 4.39 Å². The van der Waals surface area contributed by atoms with Crippen LogP contribution in [0.1, 0.15) is 27.3 Å². The molecule has 0 aliphatic carbocycles. The molecule has 0 fully saturated rings. The first-order chi connectivity index (χ1) is 16.4. The Morgan fingerprint density at radius 1 is 1.12 bits per heavy atom. The number of H-pyrrole nitrogens is 1. The summed E-state index contributed by atoms with van der Waals surface area (Å²) in [4.78, 5) is 40.8. The molecule has 8 nitrogen and oxygen atoms in total. The molecule has 0 unspecified atom stereocenters. The van der Waals surface area contributed by atoms with Crippen LogP contribution in [0, 0.1) is 5.82 Å². The Labute approximate surface area is 194 Å². The second kappa shape index (κ2) is 8.60. The maximum Gasteiger partial charge on any atom is 0.256 e. The van der Waals surface area contributed by atoms with Gasteiger partial charge in [0, 0.05) is 54.0 Å². The monoisotopic (exact) mass is 460 g/mol. The Morgan fingerprint density at radius 3 is 2.68 bits per heavy atom. The van der Waals surface area contributed by atoms with E-state index in [9.17, 15) is 18.8 Å². The molecule has 3 amide bonds. The van der Waals surface area contributed by atoms with Crippen LogP contribution in [0.2, 0.25) is 0 Å². The molecule has 2 aromatic carbocycles. The molecule has 172 valence electrons. The Balaban J connectivity index is 1.62. The van der Waals surface area contributed by atoms with Crippen molar-refractivity contribution in [2.75, 3.05) is 30.9 Å². The minimum absolute atomic E-state index is 0.0892. The standard InChI is InChI=1S/C25H21FN4O4/c1-34-12-21(31)28-15-6-7-18-16(10-15)17(24(32)30-18)11-20-22(13-2-4-14(26)5-3-13)23-19(29-20)8-9-27-25(23)33/h2-7,10-11,29H,8-9,12H2,1H3,(H,27,33)(H,28,31)(H,30,32)/b17-11+. The van der Waals surface area contributed by atoms with Gasteiger partial charge in [0.1, 0.15) is 12.4 Å². The smallest absolute Gasteiger partial charge is 0.256 e. The van der Waals surface area contributed by atoms with Gasteiger partial charge in [0.05, 0.1) is 11.1 Å². The van der Waals surface area contributed by atoms with Crippen LogP contribution >= 0.6 is 0 Å². The molecule has 0 atom stereocenters. The van der Waals surface area contributed by atoms with Gasteiger partial charge in [-0.1, -0.05) is 12.1 Å². The normalized spacial score (nSPS) is 15.5. The number of anilines is 2. The number of aromatic amines is 1. The molecule has 2 aliphatic rings. The zero-order valence-electron chi connectivity index (χ0n) is 18.3. The molecule has 0 bridgehead atoms. The highest BCUT2D eigenvalue weighted by Gasteiger charge is 2.29. The Hall–Kier alpha value is -4.24. The highest BCUT2D eigenvalue weighted by Crippen LogP contribution is 2.38. The van der Waals surface area contributed by atoms with E-state index in [2.05, 4.69) is 20.9 Å². The molecular formula is C25H21FN4O4. The third kappa shape index (κ3) is 3.86. The van der Waals surface area contributed by atoms with Crippen molar-refractivity contribution in [2.45, 2.75) is 6.42 Å². The lowest BCUT2D eigenvalue weighted by molar-refractivity contribution is -0.119. The summed E-state index contributed by atoms with van der Waals surface area (Å²) in [6.07, 6.45) is 2.29. The molecule has 0 saturated heterocycles. The number of benzene rings is 2. The number of rotatable bonds is 5. The van der Waals surface area contributed by atoms with Gasteiger partial charge in [-0.05, 0) is 42.0 Å². The summed E-state index contributed by atoms with van der Waals surface area (Å²) >= 11 is 0. The van der Waals surface area contributed by atoms with Gasteiger partial charge in [0.15, 0.2) is 0 Å². The van der Waals surface area contributed by atoms with Crippen LogP contribution in [0.4, 0.5) is 15.8 Å². The fourth-order valence-corrected chi connectivity index (χ4v) is 4.31. The van der Waals surface area contributed by atoms with Crippen molar-refractivity contribution >= 4 is 40.7 Å². The number of aromatic nitrogens is 1. The van der Waals surface area contributed by atoms with Gasteiger partial charge < -0.3 is 25.7 Å². The average Bonchev–Trinajstić information content (AvgIpc) is 3.33. The second-order valence-corrected chi connectivity index (χ2v) is 8.03. The van der Waals surface area contributed by atoms with E-state index in [0.717, 1.165) is 5.69 Å². The van der Waals surface area contributed by atoms with Gasteiger partial charge in [0.25, 0.3) is 11.8 Å². The van der Waals surface area contributed by atoms with Crippen molar-refractivity contribution in [3.8, 4) is 11.1 Å². The first-order valence-corrected chi connectivity index (χ1v) is 10.7. The lowest BCUT2D eigenvalue weighted by Gasteiger charge is -2.14. The van der Waals surface area contributed by atoms with Crippen LogP contribution in [-0.2, 0) is 20.7 Å². The van der Waals surface area contributed by atoms with Gasteiger partial charge in [0.2, 0.25) is 5.91 Å². The Bertz CT molecular complexity index is 1360. The molecule has 4 N–H and O–H groups in total. The summed E-state index contributed by atoms with van der Waals surface area (Å²) in [5.41, 5.74) is 5.19. The predicted octanol–water partition coefficient (Wildman–Crippen LogP) is 3.18. The Kier molecular flexibility index (Phi) is 5.46. The van der Waals surface area contributed by atoms with E-state index < -0.39 is 0 Å². The van der Waals surface area contributed by atoms with Gasteiger partial charge in [-0.2, -0.15) is 0 Å². The SMILES string of the molecule is COCC(=O)Nc1ccc2c(c1)/C(=C\c1[nH]c3c(c1-c1ccc(F)cc1)C(=O)NCC3)C(=O)N2. The summed E-state index contributed by atoms with van der Waals surface area (Å²) < 4.78 is 18.4. The summed E-state index contributed by atoms with van der Waals surface area (Å²) in [6.45, 7) is 0.410. The number of carbonyl (C=O) groups is 3. The van der Waals surface area contributed by atoms with Gasteiger partial charge in [-0.3, -0.25) is 14.4 Å². The largest absolute Gasteiger partial charge is 0.375 e. The fourth-order valence-electron chi connectivity index (χ4n) is 4.31. The van der Waals surface area contributed by atoms with E-state index in [4.69, 9.17) is 4.74 Å². The molecule has 1 aromatic heterocycles. The van der Waals surface area contributed by atoms with Crippen molar-refractivity contribution in [3.05, 3.63) is 70.8 Å². The molecule has 9 heteroatoms. The number of methoxy groups -OCH3 is 1. The van der Waals surface area contributed by atoms with Crippen LogP contribution in [-0.4, -0.2) is 43.0 Å². The van der Waals surface area contributed by atoms with Crippen molar-refractivity contribution in [1.82, 2.24) is 10.3 Å². The number of hydrogen-bond acceptors (Lipinski definition) is 4. The molecule has 34 heavy (non-hydrogen) atoms. The molecule has 3 aromatic rings. The number of nitrogens with one attached hydrogen (secondary N) is 4. The summed E-state index contributed by atoms with van der Waals surface area (Å²) in [5, 5.41) is 8.40. The first-order valence-electron chi connectivity index (χ1n) is 10.7. The van der Waals surface area contributed by atoms with E-state index >= 15 is 0 Å². The molecule has 0 radical (unpaired) electrons. The number of hydrogen-bond donors (Lipinski definition) is 4. The lowest BCUT2D eigenvalue weighted by atomic mass is 9.95. The van der Waals surface area contributed by atoms with Crippen LogP contribution in [0.5, 0.6) is 0 Å². The average molecular weight is 460 g/mol. The number of amides is 3. The number of fused-ring (bicyclic) bond motifs is 2. The zero-order valence-corrected chi connectivity index (χ0v) is 18.3. The highest BCUT2D eigenvalue weighted by atomic mass is 19.1. The number of halogens is 1. The fraction of sp³-hybridized carbons (Fsp3) is 0.160.